The minimum atomic E-state index is -5.00. The molecule has 0 aromatic heterocycles. The normalized spacial score (nSPS) is 12.2. The molecule has 1 atom stereocenters. The van der Waals surface area contributed by atoms with E-state index in [-0.39, 0.29) is 11.6 Å². The molecule has 0 fully saturated rings. The number of ether oxygens (including phenoxy) is 3. The lowest BCUT2D eigenvalue weighted by Gasteiger charge is -2.20. The van der Waals surface area contributed by atoms with E-state index < -0.39 is 59.6 Å². The molecule has 190 valence electrons. The molecule has 36 heavy (non-hydrogen) atoms. The predicted molar refractivity (Wildman–Crippen MR) is 115 cm³/mol. The molecular weight excluding hydrogens is 494 g/mol. The van der Waals surface area contributed by atoms with Gasteiger partial charge in [0.25, 0.3) is 0 Å². The predicted octanol–water partition coefficient (Wildman–Crippen LogP) is 6.03. The fourth-order valence-corrected chi connectivity index (χ4v) is 3.03. The van der Waals surface area contributed by atoms with Crippen LogP contribution in [0.2, 0.25) is 0 Å². The van der Waals surface area contributed by atoms with Crippen molar-refractivity contribution in [3.8, 4) is 16.9 Å². The Morgan fingerprint density at radius 2 is 1.47 bits per heavy atom. The quantitative estimate of drug-likeness (QED) is 0.220. The van der Waals surface area contributed by atoms with Crippen molar-refractivity contribution in [1.29, 1.82) is 0 Å². The zero-order valence-corrected chi connectivity index (χ0v) is 18.8. The summed E-state index contributed by atoms with van der Waals surface area (Å²) in [5, 5.41) is 0. The van der Waals surface area contributed by atoms with E-state index in [1.807, 2.05) is 0 Å². The number of carbonyl (C=O) groups excluding carboxylic acids is 2. The summed E-state index contributed by atoms with van der Waals surface area (Å²) in [6.07, 6.45) is -7.70. The van der Waals surface area contributed by atoms with Crippen molar-refractivity contribution in [3.63, 3.8) is 0 Å². The minimum Gasteiger partial charge on any atom is -0.446 e. The van der Waals surface area contributed by atoms with E-state index in [1.54, 1.807) is 19.1 Å². The third kappa shape index (κ3) is 6.22. The van der Waals surface area contributed by atoms with Crippen molar-refractivity contribution in [2.75, 3.05) is 13.7 Å². The maximum atomic E-state index is 14.4. The molecule has 0 radical (unpaired) electrons. The van der Waals surface area contributed by atoms with Crippen LogP contribution in [0.15, 0.2) is 54.6 Å². The maximum absolute atomic E-state index is 14.4. The van der Waals surface area contributed by atoms with Crippen LogP contribution < -0.4 is 4.74 Å². The van der Waals surface area contributed by atoms with Crippen LogP contribution in [0.4, 0.5) is 26.3 Å². The van der Waals surface area contributed by atoms with Gasteiger partial charge < -0.3 is 14.2 Å². The topological polar surface area (TPSA) is 61.8 Å². The number of carbonyl (C=O) groups is 2. The molecule has 11 heteroatoms. The van der Waals surface area contributed by atoms with Gasteiger partial charge in [-0.25, -0.2) is 22.8 Å². The average Bonchev–Trinajstić information content (AvgIpc) is 2.82. The Labute approximate surface area is 201 Å². The summed E-state index contributed by atoms with van der Waals surface area (Å²) in [5.74, 6) is -7.04. The number of alkyl halides is 3. The maximum Gasteiger partial charge on any atom is 0.427 e. The van der Waals surface area contributed by atoms with Crippen molar-refractivity contribution in [1.82, 2.24) is 0 Å². The van der Waals surface area contributed by atoms with Gasteiger partial charge in [-0.1, -0.05) is 24.3 Å². The summed E-state index contributed by atoms with van der Waals surface area (Å²) in [4.78, 5) is 24.3. The monoisotopic (exact) mass is 512 g/mol. The Bertz CT molecular complexity index is 1270. The Morgan fingerprint density at radius 1 is 0.833 bits per heavy atom. The first kappa shape index (κ1) is 26.7. The average molecular weight is 512 g/mol. The van der Waals surface area contributed by atoms with Crippen molar-refractivity contribution in [2.24, 2.45) is 0 Å². The SMILES string of the molecule is COCC(OC(=O)c1cc(F)c(OC(=O)c2ccc(-c3ccc(C)c(F)c3)cc2)cc1F)C(F)(F)F. The summed E-state index contributed by atoms with van der Waals surface area (Å²) < 4.78 is 94.6. The molecule has 0 aliphatic carbocycles. The summed E-state index contributed by atoms with van der Waals surface area (Å²) in [6, 6.07) is 10.8. The highest BCUT2D eigenvalue weighted by atomic mass is 19.4. The highest BCUT2D eigenvalue weighted by Crippen LogP contribution is 2.28. The van der Waals surface area contributed by atoms with E-state index >= 15 is 0 Å². The molecular formula is C25H18F6O5. The molecule has 0 bridgehead atoms. The molecule has 0 aliphatic heterocycles. The minimum absolute atomic E-state index is 0.0535. The van der Waals surface area contributed by atoms with Crippen LogP contribution in [0.5, 0.6) is 5.75 Å². The first-order chi connectivity index (χ1) is 16.9. The molecule has 0 heterocycles. The van der Waals surface area contributed by atoms with Gasteiger partial charge in [0.2, 0.25) is 6.10 Å². The Hall–Kier alpha value is -3.86. The van der Waals surface area contributed by atoms with Gasteiger partial charge in [0.05, 0.1) is 17.7 Å². The molecule has 1 unspecified atom stereocenters. The third-order valence-electron chi connectivity index (χ3n) is 5.00. The smallest absolute Gasteiger partial charge is 0.427 e. The fourth-order valence-electron chi connectivity index (χ4n) is 3.03. The van der Waals surface area contributed by atoms with Gasteiger partial charge in [0.1, 0.15) is 11.6 Å². The number of aryl methyl sites for hydroxylation is 1. The van der Waals surface area contributed by atoms with Crippen LogP contribution >= 0.6 is 0 Å². The van der Waals surface area contributed by atoms with E-state index in [2.05, 4.69) is 9.47 Å². The van der Waals surface area contributed by atoms with E-state index in [9.17, 15) is 35.9 Å². The van der Waals surface area contributed by atoms with Crippen molar-refractivity contribution in [3.05, 3.63) is 88.7 Å². The molecule has 0 spiro atoms. The van der Waals surface area contributed by atoms with Crippen molar-refractivity contribution < 1.29 is 50.1 Å². The highest BCUT2D eigenvalue weighted by molar-refractivity contribution is 5.92. The van der Waals surface area contributed by atoms with Crippen LogP contribution in [-0.4, -0.2) is 37.9 Å². The lowest BCUT2D eigenvalue weighted by molar-refractivity contribution is -0.215. The third-order valence-corrected chi connectivity index (χ3v) is 5.00. The molecule has 5 nitrogen and oxygen atoms in total. The van der Waals surface area contributed by atoms with Gasteiger partial charge in [0, 0.05) is 13.2 Å². The van der Waals surface area contributed by atoms with Crippen molar-refractivity contribution >= 4 is 11.9 Å². The van der Waals surface area contributed by atoms with E-state index in [4.69, 9.17) is 4.74 Å². The number of hydrogen-bond donors (Lipinski definition) is 0. The van der Waals surface area contributed by atoms with Gasteiger partial charge in [-0.05, 0) is 47.9 Å². The standard InChI is InChI=1S/C25H18F6O5/c1-13-3-4-16(9-18(13)26)14-5-7-15(8-6-14)23(32)35-21-11-19(27)17(10-20(21)28)24(33)36-22(12-34-2)25(29,30)31/h3-11,22H,12H2,1-2H3. The van der Waals surface area contributed by atoms with Gasteiger partial charge in [-0.15, -0.1) is 0 Å². The van der Waals surface area contributed by atoms with Crippen LogP contribution in [0, 0.1) is 24.4 Å². The van der Waals surface area contributed by atoms with Crippen molar-refractivity contribution in [2.45, 2.75) is 19.2 Å². The van der Waals surface area contributed by atoms with Crippen LogP contribution in [0.1, 0.15) is 26.3 Å². The summed E-state index contributed by atoms with van der Waals surface area (Å²) in [6.45, 7) is 0.559. The van der Waals surface area contributed by atoms with Crippen LogP contribution in [-0.2, 0) is 9.47 Å². The molecule has 0 saturated heterocycles. The Morgan fingerprint density at radius 3 is 2.06 bits per heavy atom. The number of esters is 2. The van der Waals surface area contributed by atoms with E-state index in [0.29, 0.717) is 22.8 Å². The second-order valence-corrected chi connectivity index (χ2v) is 7.58. The number of halogens is 6. The molecule has 3 aromatic rings. The summed E-state index contributed by atoms with van der Waals surface area (Å²) >= 11 is 0. The molecule has 3 aromatic carbocycles. The Kier molecular flexibility index (Phi) is 8.03. The van der Waals surface area contributed by atoms with E-state index in [1.165, 1.54) is 30.3 Å². The van der Waals surface area contributed by atoms with Gasteiger partial charge in [-0.2, -0.15) is 13.2 Å². The molecule has 0 saturated carbocycles. The first-order valence-electron chi connectivity index (χ1n) is 10.2. The molecule has 0 N–H and O–H groups in total. The zero-order valence-electron chi connectivity index (χ0n) is 18.8. The van der Waals surface area contributed by atoms with Gasteiger partial charge in [-0.3, -0.25) is 0 Å². The highest BCUT2D eigenvalue weighted by Gasteiger charge is 2.43. The van der Waals surface area contributed by atoms with Gasteiger partial charge in [0.15, 0.2) is 11.6 Å². The largest absolute Gasteiger partial charge is 0.446 e. The number of benzene rings is 3. The molecule has 0 amide bonds. The lowest BCUT2D eigenvalue weighted by atomic mass is 10.0. The summed E-state index contributed by atoms with van der Waals surface area (Å²) in [7, 11) is 0.936. The summed E-state index contributed by atoms with van der Waals surface area (Å²) in [5.41, 5.74) is 0.403. The lowest BCUT2D eigenvalue weighted by Crippen LogP contribution is -2.37. The number of rotatable bonds is 7. The molecule has 0 aliphatic rings. The fraction of sp³-hybridized carbons (Fsp3) is 0.200. The second kappa shape index (κ2) is 10.8. The van der Waals surface area contributed by atoms with E-state index in [0.717, 1.165) is 7.11 Å². The molecule has 3 rings (SSSR count). The zero-order chi connectivity index (χ0) is 26.6. The number of methoxy groups -OCH3 is 1. The first-order valence-corrected chi connectivity index (χ1v) is 10.2. The van der Waals surface area contributed by atoms with Crippen LogP contribution in [0.25, 0.3) is 11.1 Å². The number of hydrogen-bond acceptors (Lipinski definition) is 5. The Balaban J connectivity index is 1.75. The van der Waals surface area contributed by atoms with Crippen LogP contribution in [0.3, 0.4) is 0 Å². The van der Waals surface area contributed by atoms with Gasteiger partial charge >= 0.3 is 18.1 Å². The second-order valence-electron chi connectivity index (χ2n) is 7.58.